The molecule has 1 saturated heterocycles. The highest BCUT2D eigenvalue weighted by Gasteiger charge is 2.45. The summed E-state index contributed by atoms with van der Waals surface area (Å²) in [4.78, 5) is 25.1. The number of ether oxygens (including phenoxy) is 1. The minimum Gasteiger partial charge on any atom is -0.447 e. The van der Waals surface area contributed by atoms with Gasteiger partial charge in [-0.05, 0) is 11.8 Å². The summed E-state index contributed by atoms with van der Waals surface area (Å²) in [7, 11) is 0. The van der Waals surface area contributed by atoms with Crippen LogP contribution in [0.5, 0.6) is 0 Å². The Morgan fingerprint density at radius 3 is 2.56 bits per heavy atom. The lowest BCUT2D eigenvalue weighted by Gasteiger charge is -2.32. The molecule has 1 aliphatic heterocycles. The highest BCUT2D eigenvalue weighted by Crippen LogP contribution is 2.31. The molecule has 0 spiro atoms. The van der Waals surface area contributed by atoms with Crippen LogP contribution in [0.3, 0.4) is 0 Å². The molecular weight excluding hydrogens is 234 g/mol. The molecule has 0 bridgehead atoms. The summed E-state index contributed by atoms with van der Waals surface area (Å²) < 4.78 is 4.97. The largest absolute Gasteiger partial charge is 0.447 e. The summed E-state index contributed by atoms with van der Waals surface area (Å²) in [5.41, 5.74) is -0.237. The van der Waals surface area contributed by atoms with E-state index in [0.29, 0.717) is 6.42 Å². The van der Waals surface area contributed by atoms with Gasteiger partial charge in [-0.15, -0.1) is 0 Å². The maximum absolute atomic E-state index is 12.3. The standard InChI is InChI=1S/C13H23NO4/c1-6-9(15)8(2)11(16)14-10(13(3,4)5)7-18-12(14)17/h8-10,15H,6-7H2,1-5H3/t8-,9-,10+/m0/s1. The molecule has 0 aromatic carbocycles. The van der Waals surface area contributed by atoms with Crippen molar-refractivity contribution < 1.29 is 19.4 Å². The normalized spacial score (nSPS) is 23.8. The van der Waals surface area contributed by atoms with Crippen molar-refractivity contribution in [2.24, 2.45) is 11.3 Å². The summed E-state index contributed by atoms with van der Waals surface area (Å²) in [6.07, 6.45) is -0.850. The van der Waals surface area contributed by atoms with E-state index in [4.69, 9.17) is 4.74 Å². The van der Waals surface area contributed by atoms with E-state index < -0.39 is 18.1 Å². The predicted molar refractivity (Wildman–Crippen MR) is 66.9 cm³/mol. The molecule has 0 unspecified atom stereocenters. The van der Waals surface area contributed by atoms with Crippen LogP contribution in [0.1, 0.15) is 41.0 Å². The number of imide groups is 1. The smallest absolute Gasteiger partial charge is 0.417 e. The highest BCUT2D eigenvalue weighted by atomic mass is 16.6. The van der Waals surface area contributed by atoms with Crippen molar-refractivity contribution in [2.75, 3.05) is 6.61 Å². The van der Waals surface area contributed by atoms with Crippen LogP contribution < -0.4 is 0 Å². The van der Waals surface area contributed by atoms with Crippen molar-refractivity contribution >= 4 is 12.0 Å². The summed E-state index contributed by atoms with van der Waals surface area (Å²) in [5, 5.41) is 9.73. The van der Waals surface area contributed by atoms with Crippen LogP contribution in [-0.2, 0) is 9.53 Å². The van der Waals surface area contributed by atoms with Crippen molar-refractivity contribution in [2.45, 2.75) is 53.2 Å². The molecule has 0 saturated carbocycles. The molecule has 1 aliphatic rings. The SMILES string of the molecule is CC[C@H](O)[C@H](C)C(=O)N1C(=O)OC[C@@H]1C(C)(C)C. The number of carbonyl (C=O) groups is 2. The van der Waals surface area contributed by atoms with Crippen LogP contribution in [0.4, 0.5) is 4.79 Å². The summed E-state index contributed by atoms with van der Waals surface area (Å²) in [5.74, 6) is -0.947. The first-order valence-corrected chi connectivity index (χ1v) is 6.38. The van der Waals surface area contributed by atoms with Crippen LogP contribution in [0.15, 0.2) is 0 Å². The first kappa shape index (κ1) is 15.0. The van der Waals surface area contributed by atoms with E-state index in [9.17, 15) is 14.7 Å². The van der Waals surface area contributed by atoms with Gasteiger partial charge in [0.2, 0.25) is 5.91 Å². The van der Waals surface area contributed by atoms with E-state index in [-0.39, 0.29) is 24.0 Å². The van der Waals surface area contributed by atoms with Crippen LogP contribution in [-0.4, -0.2) is 40.8 Å². The van der Waals surface area contributed by atoms with Crippen molar-refractivity contribution in [1.82, 2.24) is 4.90 Å². The average Bonchev–Trinajstić information content (AvgIpc) is 2.67. The van der Waals surface area contributed by atoms with Crippen molar-refractivity contribution in [3.8, 4) is 0 Å². The molecule has 5 nitrogen and oxygen atoms in total. The van der Waals surface area contributed by atoms with Gasteiger partial charge >= 0.3 is 6.09 Å². The zero-order chi connectivity index (χ0) is 14.1. The highest BCUT2D eigenvalue weighted by molar-refractivity contribution is 5.95. The van der Waals surface area contributed by atoms with Gasteiger partial charge < -0.3 is 9.84 Å². The van der Waals surface area contributed by atoms with E-state index >= 15 is 0 Å². The molecular formula is C13H23NO4. The zero-order valence-corrected chi connectivity index (χ0v) is 11.8. The van der Waals surface area contributed by atoms with Gasteiger partial charge in [0.25, 0.3) is 0 Å². The quantitative estimate of drug-likeness (QED) is 0.837. The Hall–Kier alpha value is -1.10. The number of aliphatic hydroxyl groups is 1. The molecule has 104 valence electrons. The van der Waals surface area contributed by atoms with E-state index in [1.165, 1.54) is 4.90 Å². The fraction of sp³-hybridized carbons (Fsp3) is 0.846. The fourth-order valence-electron chi connectivity index (χ4n) is 2.04. The average molecular weight is 257 g/mol. The second-order valence-electron chi connectivity index (χ2n) is 5.93. The van der Waals surface area contributed by atoms with Gasteiger partial charge in [0.15, 0.2) is 0 Å². The monoisotopic (exact) mass is 257 g/mol. The second-order valence-corrected chi connectivity index (χ2v) is 5.93. The molecule has 0 aromatic rings. The predicted octanol–water partition coefficient (Wildman–Crippen LogP) is 1.79. The van der Waals surface area contributed by atoms with Crippen molar-refractivity contribution in [3.63, 3.8) is 0 Å². The molecule has 3 atom stereocenters. The Bertz CT molecular complexity index is 334. The van der Waals surface area contributed by atoms with E-state index in [2.05, 4.69) is 0 Å². The molecule has 0 aliphatic carbocycles. The van der Waals surface area contributed by atoms with Gasteiger partial charge in [0.1, 0.15) is 6.61 Å². The maximum Gasteiger partial charge on any atom is 0.417 e. The number of amides is 2. The van der Waals surface area contributed by atoms with Crippen molar-refractivity contribution in [3.05, 3.63) is 0 Å². The molecule has 1 rings (SSSR count). The zero-order valence-electron chi connectivity index (χ0n) is 11.8. The molecule has 5 heteroatoms. The first-order chi connectivity index (χ1) is 8.20. The Kier molecular flexibility index (Phi) is 4.37. The Morgan fingerprint density at radius 2 is 2.11 bits per heavy atom. The van der Waals surface area contributed by atoms with E-state index in [0.717, 1.165) is 0 Å². The minimum atomic E-state index is -0.730. The van der Waals surface area contributed by atoms with E-state index in [1.807, 2.05) is 20.8 Å². The van der Waals surface area contributed by atoms with Gasteiger partial charge in [-0.1, -0.05) is 34.6 Å². The molecule has 0 radical (unpaired) electrons. The molecule has 0 aromatic heterocycles. The lowest BCUT2D eigenvalue weighted by Crippen LogP contribution is -2.49. The molecule has 18 heavy (non-hydrogen) atoms. The van der Waals surface area contributed by atoms with Gasteiger partial charge in [-0.2, -0.15) is 0 Å². The summed E-state index contributed by atoms with van der Waals surface area (Å²) in [6, 6.07) is -0.274. The maximum atomic E-state index is 12.3. The number of nitrogens with zero attached hydrogens (tertiary/aromatic N) is 1. The molecule has 2 amide bonds. The minimum absolute atomic E-state index is 0.225. The third-order valence-electron chi connectivity index (χ3n) is 3.50. The third kappa shape index (κ3) is 2.83. The summed E-state index contributed by atoms with van der Waals surface area (Å²) in [6.45, 7) is 9.55. The van der Waals surface area contributed by atoms with Crippen LogP contribution in [0.25, 0.3) is 0 Å². The number of carbonyl (C=O) groups excluding carboxylic acids is 2. The molecule has 1 N–H and O–H groups in total. The Morgan fingerprint density at radius 1 is 1.56 bits per heavy atom. The molecule has 1 heterocycles. The lowest BCUT2D eigenvalue weighted by atomic mass is 9.86. The summed E-state index contributed by atoms with van der Waals surface area (Å²) >= 11 is 0. The van der Waals surface area contributed by atoms with Crippen LogP contribution in [0, 0.1) is 11.3 Å². The lowest BCUT2D eigenvalue weighted by molar-refractivity contribution is -0.137. The fourth-order valence-corrected chi connectivity index (χ4v) is 2.04. The number of rotatable bonds is 3. The number of cyclic esters (lactones) is 1. The van der Waals surface area contributed by atoms with E-state index in [1.54, 1.807) is 13.8 Å². The topological polar surface area (TPSA) is 66.8 Å². The van der Waals surface area contributed by atoms with Gasteiger partial charge in [0, 0.05) is 0 Å². The van der Waals surface area contributed by atoms with Gasteiger partial charge in [-0.25, -0.2) is 9.69 Å². The van der Waals surface area contributed by atoms with Crippen LogP contribution >= 0.6 is 0 Å². The molecule has 1 fully saturated rings. The number of hydrogen-bond acceptors (Lipinski definition) is 4. The first-order valence-electron chi connectivity index (χ1n) is 6.38. The number of aliphatic hydroxyl groups excluding tert-OH is 1. The third-order valence-corrected chi connectivity index (χ3v) is 3.50. The Labute approximate surface area is 108 Å². The second kappa shape index (κ2) is 5.26. The van der Waals surface area contributed by atoms with Crippen molar-refractivity contribution in [1.29, 1.82) is 0 Å². The number of hydrogen-bond donors (Lipinski definition) is 1. The van der Waals surface area contributed by atoms with Crippen LogP contribution in [0.2, 0.25) is 0 Å². The van der Waals surface area contributed by atoms with Gasteiger partial charge in [0.05, 0.1) is 18.1 Å². The Balaban J connectivity index is 2.91. The van der Waals surface area contributed by atoms with Gasteiger partial charge in [-0.3, -0.25) is 4.79 Å².